The summed E-state index contributed by atoms with van der Waals surface area (Å²) < 4.78 is 5.19. The summed E-state index contributed by atoms with van der Waals surface area (Å²) in [6, 6.07) is 16.3. The molecule has 25 heavy (non-hydrogen) atoms. The van der Waals surface area contributed by atoms with Crippen molar-refractivity contribution in [3.8, 4) is 5.75 Å². The standard InChI is InChI=1S/C21H26N2O2/c1-23(2)14-17-7-5-4-6-16(17)13-22-21(24)20-12-19(20)15-8-10-18(25-3)11-9-15/h4-11,19-20H,12-14H2,1-3H3,(H,22,24). The number of hydrogen-bond donors (Lipinski definition) is 1. The molecule has 1 aliphatic carbocycles. The van der Waals surface area contributed by atoms with Crippen molar-refractivity contribution in [3.05, 3.63) is 65.2 Å². The van der Waals surface area contributed by atoms with Gasteiger partial charge in [-0.1, -0.05) is 36.4 Å². The van der Waals surface area contributed by atoms with Crippen molar-refractivity contribution in [2.75, 3.05) is 21.2 Å². The molecule has 2 atom stereocenters. The van der Waals surface area contributed by atoms with Gasteiger partial charge in [-0.2, -0.15) is 0 Å². The minimum atomic E-state index is 0.0920. The Hall–Kier alpha value is -2.33. The van der Waals surface area contributed by atoms with Crippen molar-refractivity contribution in [2.24, 2.45) is 5.92 Å². The smallest absolute Gasteiger partial charge is 0.224 e. The van der Waals surface area contributed by atoms with Crippen LogP contribution in [0.15, 0.2) is 48.5 Å². The van der Waals surface area contributed by atoms with Crippen LogP contribution >= 0.6 is 0 Å². The van der Waals surface area contributed by atoms with Crippen molar-refractivity contribution in [1.82, 2.24) is 10.2 Å². The van der Waals surface area contributed by atoms with Crippen LogP contribution < -0.4 is 10.1 Å². The minimum absolute atomic E-state index is 0.0920. The molecule has 0 radical (unpaired) electrons. The van der Waals surface area contributed by atoms with Gasteiger partial charge in [-0.25, -0.2) is 0 Å². The summed E-state index contributed by atoms with van der Waals surface area (Å²) in [7, 11) is 5.77. The Morgan fingerprint density at radius 1 is 1.12 bits per heavy atom. The highest BCUT2D eigenvalue weighted by molar-refractivity contribution is 5.82. The van der Waals surface area contributed by atoms with Crippen molar-refractivity contribution in [3.63, 3.8) is 0 Å². The van der Waals surface area contributed by atoms with E-state index in [0.29, 0.717) is 12.5 Å². The third-order valence-corrected chi connectivity index (χ3v) is 4.73. The number of nitrogens with one attached hydrogen (secondary N) is 1. The molecule has 0 heterocycles. The molecule has 1 aliphatic rings. The molecule has 132 valence electrons. The molecular weight excluding hydrogens is 312 g/mol. The number of hydrogen-bond acceptors (Lipinski definition) is 3. The molecule has 2 aromatic carbocycles. The Balaban J connectivity index is 1.55. The first-order valence-electron chi connectivity index (χ1n) is 8.71. The SMILES string of the molecule is COc1ccc(C2CC2C(=O)NCc2ccccc2CN(C)C)cc1. The van der Waals surface area contributed by atoms with Gasteiger partial charge in [0.05, 0.1) is 7.11 Å². The van der Waals surface area contributed by atoms with Crippen LogP contribution in [0.3, 0.4) is 0 Å². The number of amides is 1. The van der Waals surface area contributed by atoms with Crippen LogP contribution in [0.2, 0.25) is 0 Å². The Kier molecular flexibility index (Phi) is 5.39. The van der Waals surface area contributed by atoms with E-state index >= 15 is 0 Å². The normalized spacial score (nSPS) is 18.9. The summed E-state index contributed by atoms with van der Waals surface area (Å²) in [6.45, 7) is 1.47. The van der Waals surface area contributed by atoms with Crippen LogP contribution in [0.4, 0.5) is 0 Å². The largest absolute Gasteiger partial charge is 0.497 e. The van der Waals surface area contributed by atoms with E-state index in [1.165, 1.54) is 16.7 Å². The van der Waals surface area contributed by atoms with E-state index in [9.17, 15) is 4.79 Å². The number of methoxy groups -OCH3 is 1. The van der Waals surface area contributed by atoms with Crippen LogP contribution in [0.1, 0.15) is 29.0 Å². The zero-order chi connectivity index (χ0) is 17.8. The summed E-state index contributed by atoms with van der Waals surface area (Å²) in [5.41, 5.74) is 3.66. The van der Waals surface area contributed by atoms with Crippen LogP contribution in [0, 0.1) is 5.92 Å². The highest BCUT2D eigenvalue weighted by atomic mass is 16.5. The highest BCUT2D eigenvalue weighted by Gasteiger charge is 2.43. The quantitative estimate of drug-likeness (QED) is 0.843. The molecule has 0 bridgehead atoms. The van der Waals surface area contributed by atoms with Crippen LogP contribution in [0.25, 0.3) is 0 Å². The molecule has 3 rings (SSSR count). The van der Waals surface area contributed by atoms with Crippen molar-refractivity contribution in [1.29, 1.82) is 0 Å². The summed E-state index contributed by atoms with van der Waals surface area (Å²) in [4.78, 5) is 14.6. The third-order valence-electron chi connectivity index (χ3n) is 4.73. The lowest BCUT2D eigenvalue weighted by Gasteiger charge is -2.14. The van der Waals surface area contributed by atoms with Gasteiger partial charge in [-0.15, -0.1) is 0 Å². The molecule has 0 saturated heterocycles. The Bertz CT molecular complexity index is 725. The van der Waals surface area contributed by atoms with E-state index in [4.69, 9.17) is 4.74 Å². The summed E-state index contributed by atoms with van der Waals surface area (Å²) >= 11 is 0. The predicted molar refractivity (Wildman–Crippen MR) is 99.5 cm³/mol. The van der Waals surface area contributed by atoms with Gasteiger partial charge in [-0.3, -0.25) is 4.79 Å². The van der Waals surface area contributed by atoms with Crippen LogP contribution in [-0.2, 0) is 17.9 Å². The van der Waals surface area contributed by atoms with E-state index in [-0.39, 0.29) is 11.8 Å². The van der Waals surface area contributed by atoms with Gasteiger partial charge in [-0.05, 0) is 55.3 Å². The fourth-order valence-electron chi connectivity index (χ4n) is 3.24. The monoisotopic (exact) mass is 338 g/mol. The number of benzene rings is 2. The van der Waals surface area contributed by atoms with Crippen molar-refractivity contribution in [2.45, 2.75) is 25.4 Å². The molecule has 1 saturated carbocycles. The topological polar surface area (TPSA) is 41.6 Å². The molecule has 0 aromatic heterocycles. The average Bonchev–Trinajstić information content (AvgIpc) is 3.41. The molecular formula is C21H26N2O2. The Morgan fingerprint density at radius 2 is 1.80 bits per heavy atom. The van der Waals surface area contributed by atoms with Crippen LogP contribution in [-0.4, -0.2) is 32.0 Å². The molecule has 1 N–H and O–H groups in total. The molecule has 2 aromatic rings. The lowest BCUT2D eigenvalue weighted by molar-refractivity contribution is -0.122. The van der Waals surface area contributed by atoms with Gasteiger partial charge in [0.1, 0.15) is 5.75 Å². The number of rotatable bonds is 7. The number of carbonyl (C=O) groups is 1. The molecule has 4 heteroatoms. The first-order valence-corrected chi connectivity index (χ1v) is 8.71. The molecule has 4 nitrogen and oxygen atoms in total. The molecule has 2 unspecified atom stereocenters. The number of carbonyl (C=O) groups excluding carboxylic acids is 1. The molecule has 1 fully saturated rings. The average molecular weight is 338 g/mol. The maximum Gasteiger partial charge on any atom is 0.224 e. The van der Waals surface area contributed by atoms with E-state index in [0.717, 1.165) is 18.7 Å². The lowest BCUT2D eigenvalue weighted by Crippen LogP contribution is -2.26. The summed E-state index contributed by atoms with van der Waals surface area (Å²) in [6.07, 6.45) is 0.928. The van der Waals surface area contributed by atoms with E-state index in [2.05, 4.69) is 48.6 Å². The number of nitrogens with zero attached hydrogens (tertiary/aromatic N) is 1. The molecule has 0 aliphatic heterocycles. The first kappa shape index (κ1) is 17.5. The third kappa shape index (κ3) is 4.40. The Labute approximate surface area is 149 Å². The molecule has 0 spiro atoms. The van der Waals surface area contributed by atoms with Crippen molar-refractivity contribution >= 4 is 5.91 Å². The van der Waals surface area contributed by atoms with Gasteiger partial charge in [0.2, 0.25) is 5.91 Å². The highest BCUT2D eigenvalue weighted by Crippen LogP contribution is 2.47. The van der Waals surface area contributed by atoms with Gasteiger partial charge in [0, 0.05) is 19.0 Å². The zero-order valence-corrected chi connectivity index (χ0v) is 15.2. The van der Waals surface area contributed by atoms with E-state index in [1.807, 2.05) is 24.3 Å². The van der Waals surface area contributed by atoms with Crippen LogP contribution in [0.5, 0.6) is 5.75 Å². The van der Waals surface area contributed by atoms with Gasteiger partial charge in [0.15, 0.2) is 0 Å². The van der Waals surface area contributed by atoms with Gasteiger partial charge < -0.3 is 15.0 Å². The lowest BCUT2D eigenvalue weighted by atomic mass is 10.1. The second-order valence-electron chi connectivity index (χ2n) is 6.95. The fraction of sp³-hybridized carbons (Fsp3) is 0.381. The molecule has 1 amide bonds. The maximum absolute atomic E-state index is 12.5. The van der Waals surface area contributed by atoms with E-state index in [1.54, 1.807) is 7.11 Å². The predicted octanol–water partition coefficient (Wildman–Crippen LogP) is 3.18. The fourth-order valence-corrected chi connectivity index (χ4v) is 3.24. The van der Waals surface area contributed by atoms with Crippen molar-refractivity contribution < 1.29 is 9.53 Å². The number of ether oxygens (including phenoxy) is 1. The summed E-state index contributed by atoms with van der Waals surface area (Å²) in [5.74, 6) is 1.43. The summed E-state index contributed by atoms with van der Waals surface area (Å²) in [5, 5.41) is 3.11. The minimum Gasteiger partial charge on any atom is -0.497 e. The Morgan fingerprint density at radius 3 is 2.44 bits per heavy atom. The van der Waals surface area contributed by atoms with Gasteiger partial charge in [0.25, 0.3) is 0 Å². The maximum atomic E-state index is 12.5. The second-order valence-corrected chi connectivity index (χ2v) is 6.95. The second kappa shape index (κ2) is 7.70. The first-order chi connectivity index (χ1) is 12.1. The van der Waals surface area contributed by atoms with Gasteiger partial charge >= 0.3 is 0 Å². The van der Waals surface area contributed by atoms with E-state index < -0.39 is 0 Å². The zero-order valence-electron chi connectivity index (χ0n) is 15.2.